The van der Waals surface area contributed by atoms with Gasteiger partial charge in [-0.3, -0.25) is 9.78 Å². The Hall–Kier alpha value is -3.19. The molecule has 8 nitrogen and oxygen atoms in total. The van der Waals surface area contributed by atoms with E-state index in [1.54, 1.807) is 19.9 Å². The number of aromatic nitrogens is 4. The third kappa shape index (κ3) is 5.21. The van der Waals surface area contributed by atoms with Crippen LogP contribution in [0, 0.1) is 18.7 Å². The van der Waals surface area contributed by atoms with Crippen LogP contribution >= 0.6 is 11.3 Å². The van der Waals surface area contributed by atoms with Gasteiger partial charge in [0.15, 0.2) is 5.82 Å². The number of carbonyl (C=O) groups is 1. The fourth-order valence-corrected chi connectivity index (χ4v) is 5.33. The third-order valence-corrected chi connectivity index (χ3v) is 8.20. The van der Waals surface area contributed by atoms with E-state index in [9.17, 15) is 27.5 Å². The molecule has 1 aliphatic heterocycles. The number of nitrogens with zero attached hydrogens (tertiary/aromatic N) is 4. The molecule has 4 atom stereocenters. The van der Waals surface area contributed by atoms with E-state index in [0.29, 0.717) is 21.1 Å². The van der Waals surface area contributed by atoms with Crippen LogP contribution in [-0.4, -0.2) is 49.8 Å². The van der Waals surface area contributed by atoms with Gasteiger partial charge in [0.2, 0.25) is 11.9 Å². The standard InChI is InChI=1S/C25H28F4N6O2S/c1-11-20(14-6-7-30-17(8-14)24(4,5)25(27,28)29)38-22(33-11)12(2)34-23-32-10-16(26)19(35-23)18-15(13(3)36)9-31-21(18)37/h6-8,10,12-13,15,18,36H,9H2,1-5H3,(H,31,37)(H,32,34,35)/t12-,13+,15+,18?/m0/s1. The fourth-order valence-electron chi connectivity index (χ4n) is 4.27. The molecule has 1 fully saturated rings. The summed E-state index contributed by atoms with van der Waals surface area (Å²) in [5, 5.41) is 16.3. The number of thiazole rings is 1. The Balaban J connectivity index is 1.59. The highest BCUT2D eigenvalue weighted by molar-refractivity contribution is 7.15. The largest absolute Gasteiger partial charge is 0.399 e. The number of carbonyl (C=O) groups excluding carboxylic acids is 1. The van der Waals surface area contributed by atoms with Crippen molar-refractivity contribution in [3.63, 3.8) is 0 Å². The molecule has 1 amide bonds. The molecule has 0 spiro atoms. The first-order valence-corrected chi connectivity index (χ1v) is 12.8. The van der Waals surface area contributed by atoms with E-state index in [2.05, 4.69) is 30.6 Å². The average Bonchev–Trinajstić information content (AvgIpc) is 3.42. The fraction of sp³-hybridized carbons (Fsp3) is 0.480. The summed E-state index contributed by atoms with van der Waals surface area (Å²) in [6.07, 6.45) is -2.99. The summed E-state index contributed by atoms with van der Waals surface area (Å²) in [6, 6.07) is 2.62. The van der Waals surface area contributed by atoms with E-state index < -0.39 is 47.3 Å². The van der Waals surface area contributed by atoms with Crippen LogP contribution in [0.3, 0.4) is 0 Å². The number of aliphatic hydroxyl groups excluding tert-OH is 1. The summed E-state index contributed by atoms with van der Waals surface area (Å²) >= 11 is 1.29. The van der Waals surface area contributed by atoms with E-state index in [-0.39, 0.29) is 23.9 Å². The zero-order chi connectivity index (χ0) is 28.0. The van der Waals surface area contributed by atoms with Gasteiger partial charge >= 0.3 is 6.18 Å². The van der Waals surface area contributed by atoms with Crippen molar-refractivity contribution < 1.29 is 27.5 Å². The number of nitrogens with one attached hydrogen (secondary N) is 2. The summed E-state index contributed by atoms with van der Waals surface area (Å²) in [5.74, 6) is -2.58. The first-order valence-electron chi connectivity index (χ1n) is 12.0. The average molecular weight is 553 g/mol. The van der Waals surface area contributed by atoms with Gasteiger partial charge in [-0.25, -0.2) is 19.3 Å². The van der Waals surface area contributed by atoms with Gasteiger partial charge in [-0.2, -0.15) is 13.2 Å². The zero-order valence-corrected chi connectivity index (χ0v) is 22.2. The third-order valence-electron chi connectivity index (χ3n) is 6.81. The predicted octanol–water partition coefficient (Wildman–Crippen LogP) is 4.67. The number of rotatable bonds is 7. The van der Waals surface area contributed by atoms with Crippen molar-refractivity contribution in [1.82, 2.24) is 25.3 Å². The van der Waals surface area contributed by atoms with Gasteiger partial charge in [0.05, 0.1) is 46.2 Å². The number of aryl methyl sites for hydroxylation is 1. The Bertz CT molecular complexity index is 1340. The highest BCUT2D eigenvalue weighted by atomic mass is 32.1. The molecule has 38 heavy (non-hydrogen) atoms. The molecule has 0 radical (unpaired) electrons. The van der Waals surface area contributed by atoms with Crippen molar-refractivity contribution in [3.8, 4) is 10.4 Å². The number of aliphatic hydroxyl groups is 1. The van der Waals surface area contributed by atoms with E-state index in [0.717, 1.165) is 20.0 Å². The van der Waals surface area contributed by atoms with E-state index in [1.165, 1.54) is 30.5 Å². The molecule has 4 rings (SSSR count). The van der Waals surface area contributed by atoms with Crippen molar-refractivity contribution in [3.05, 3.63) is 52.4 Å². The second-order valence-electron chi connectivity index (χ2n) is 9.94. The zero-order valence-electron chi connectivity index (χ0n) is 21.4. The number of pyridine rings is 1. The molecule has 1 aliphatic rings. The van der Waals surface area contributed by atoms with Gasteiger partial charge in [0.1, 0.15) is 10.4 Å². The Kier molecular flexibility index (Phi) is 7.45. The lowest BCUT2D eigenvalue weighted by molar-refractivity contribution is -0.181. The molecule has 204 valence electrons. The van der Waals surface area contributed by atoms with Crippen molar-refractivity contribution in [2.75, 3.05) is 11.9 Å². The molecule has 13 heteroatoms. The molecular weight excluding hydrogens is 524 g/mol. The lowest BCUT2D eigenvalue weighted by Gasteiger charge is -2.27. The van der Waals surface area contributed by atoms with Gasteiger partial charge in [-0.1, -0.05) is 0 Å². The smallest absolute Gasteiger partial charge is 0.393 e. The molecule has 0 aromatic carbocycles. The topological polar surface area (TPSA) is 113 Å². The molecule has 3 aromatic heterocycles. The lowest BCUT2D eigenvalue weighted by Crippen LogP contribution is -2.37. The van der Waals surface area contributed by atoms with Gasteiger partial charge in [-0.15, -0.1) is 11.3 Å². The highest BCUT2D eigenvalue weighted by Crippen LogP contribution is 2.41. The maximum Gasteiger partial charge on any atom is 0.399 e. The van der Waals surface area contributed by atoms with Crippen LogP contribution in [0.1, 0.15) is 61.7 Å². The molecule has 0 bridgehead atoms. The molecule has 3 N–H and O–H groups in total. The second-order valence-corrected chi connectivity index (χ2v) is 11.0. The van der Waals surface area contributed by atoms with Gasteiger partial charge < -0.3 is 15.7 Å². The van der Waals surface area contributed by atoms with Crippen LogP contribution in [0.15, 0.2) is 24.5 Å². The molecule has 1 saturated heterocycles. The quantitative estimate of drug-likeness (QED) is 0.365. The Morgan fingerprint density at radius 3 is 2.58 bits per heavy atom. The number of hydrogen-bond donors (Lipinski definition) is 3. The van der Waals surface area contributed by atoms with Gasteiger partial charge in [0.25, 0.3) is 0 Å². The summed E-state index contributed by atoms with van der Waals surface area (Å²) < 4.78 is 55.3. The molecule has 4 heterocycles. The predicted molar refractivity (Wildman–Crippen MR) is 134 cm³/mol. The molecule has 1 unspecified atom stereocenters. The van der Waals surface area contributed by atoms with Crippen LogP contribution in [0.5, 0.6) is 0 Å². The number of anilines is 1. The van der Waals surface area contributed by atoms with E-state index >= 15 is 0 Å². The highest BCUT2D eigenvalue weighted by Gasteiger charge is 2.49. The molecule has 0 aliphatic carbocycles. The van der Waals surface area contributed by atoms with Crippen molar-refractivity contribution >= 4 is 23.2 Å². The minimum Gasteiger partial charge on any atom is -0.393 e. The minimum absolute atomic E-state index is 0.0745. The first-order chi connectivity index (χ1) is 17.7. The minimum atomic E-state index is -4.46. The van der Waals surface area contributed by atoms with Crippen molar-refractivity contribution in [2.24, 2.45) is 5.92 Å². The summed E-state index contributed by atoms with van der Waals surface area (Å²) in [7, 11) is 0. The van der Waals surface area contributed by atoms with Gasteiger partial charge in [0, 0.05) is 18.7 Å². The Morgan fingerprint density at radius 1 is 1.21 bits per heavy atom. The van der Waals surface area contributed by atoms with E-state index in [4.69, 9.17) is 0 Å². The number of hydrogen-bond acceptors (Lipinski definition) is 8. The van der Waals surface area contributed by atoms with Crippen LogP contribution < -0.4 is 10.6 Å². The maximum absolute atomic E-state index is 14.6. The lowest BCUT2D eigenvalue weighted by atomic mass is 9.87. The molecule has 0 saturated carbocycles. The van der Waals surface area contributed by atoms with Crippen LogP contribution in [0.25, 0.3) is 10.4 Å². The number of alkyl halides is 3. The second kappa shape index (κ2) is 10.2. The SMILES string of the molecule is Cc1nc([C@H](C)Nc2ncc(F)c(C3C(=O)NC[C@@H]3[C@@H](C)O)n2)sc1-c1ccnc(C(C)(C)C(F)(F)F)c1. The van der Waals surface area contributed by atoms with Crippen molar-refractivity contribution in [1.29, 1.82) is 0 Å². The summed E-state index contributed by atoms with van der Waals surface area (Å²) in [6.45, 7) is 7.48. The molecular formula is C25H28F4N6O2S. The normalized spacial score (nSPS) is 19.8. The number of halogens is 4. The van der Waals surface area contributed by atoms with Gasteiger partial charge in [-0.05, 0) is 52.3 Å². The Morgan fingerprint density at radius 2 is 1.92 bits per heavy atom. The Labute approximate surface area is 221 Å². The monoisotopic (exact) mass is 552 g/mol. The summed E-state index contributed by atoms with van der Waals surface area (Å²) in [5.41, 5.74) is -1.13. The van der Waals surface area contributed by atoms with Crippen LogP contribution in [0.4, 0.5) is 23.5 Å². The maximum atomic E-state index is 14.6. The number of amides is 1. The van der Waals surface area contributed by atoms with Crippen molar-refractivity contribution in [2.45, 2.75) is 64.3 Å². The first kappa shape index (κ1) is 27.8. The summed E-state index contributed by atoms with van der Waals surface area (Å²) in [4.78, 5) is 29.8. The van der Waals surface area contributed by atoms with Crippen LogP contribution in [-0.2, 0) is 10.2 Å². The molecule has 3 aromatic rings. The van der Waals surface area contributed by atoms with Crippen LogP contribution in [0.2, 0.25) is 0 Å². The van der Waals surface area contributed by atoms with E-state index in [1.807, 2.05) is 0 Å².